The molecular formula is C12H25NO3. The zero-order valence-corrected chi connectivity index (χ0v) is 10.5. The summed E-state index contributed by atoms with van der Waals surface area (Å²) < 4.78 is 0. The number of aliphatic hydroxyl groups is 1. The minimum Gasteiger partial charge on any atom is -0.480 e. The molecule has 0 spiro atoms. The van der Waals surface area contributed by atoms with Gasteiger partial charge in [0.25, 0.3) is 0 Å². The van der Waals surface area contributed by atoms with Crippen molar-refractivity contribution >= 4 is 5.97 Å². The zero-order valence-electron chi connectivity index (χ0n) is 10.5. The van der Waals surface area contributed by atoms with Crippen molar-refractivity contribution in [2.24, 2.45) is 0 Å². The Morgan fingerprint density at radius 1 is 1.25 bits per heavy atom. The van der Waals surface area contributed by atoms with Crippen LogP contribution >= 0.6 is 0 Å². The maximum absolute atomic E-state index is 11.1. The van der Waals surface area contributed by atoms with E-state index in [9.17, 15) is 4.79 Å². The molecule has 16 heavy (non-hydrogen) atoms. The molecule has 0 aromatic heterocycles. The van der Waals surface area contributed by atoms with Gasteiger partial charge in [-0.25, -0.2) is 0 Å². The smallest absolute Gasteiger partial charge is 0.323 e. The Morgan fingerprint density at radius 2 is 1.88 bits per heavy atom. The summed E-state index contributed by atoms with van der Waals surface area (Å²) in [6, 6.07) is 0. The number of aliphatic hydroxyl groups excluding tert-OH is 1. The fraction of sp³-hybridized carbons (Fsp3) is 0.917. The van der Waals surface area contributed by atoms with E-state index in [1.807, 2.05) is 0 Å². The highest BCUT2D eigenvalue weighted by Gasteiger charge is 2.31. The number of carbonyl (C=O) groups is 1. The Hall–Kier alpha value is -0.610. The maximum atomic E-state index is 11.1. The van der Waals surface area contributed by atoms with E-state index in [2.05, 4.69) is 12.2 Å². The largest absolute Gasteiger partial charge is 0.480 e. The van der Waals surface area contributed by atoms with Gasteiger partial charge in [0.05, 0.1) is 6.61 Å². The number of β-amino-alcohol motifs (C(OH)–C–C–N with tert-alkyl or cyclic N) is 1. The van der Waals surface area contributed by atoms with Crippen molar-refractivity contribution in [2.75, 3.05) is 13.2 Å². The molecule has 0 bridgehead atoms. The van der Waals surface area contributed by atoms with Crippen LogP contribution in [-0.4, -0.2) is 34.9 Å². The molecule has 0 saturated carbocycles. The van der Waals surface area contributed by atoms with Crippen molar-refractivity contribution in [1.82, 2.24) is 5.32 Å². The first kappa shape index (κ1) is 15.4. The van der Waals surface area contributed by atoms with E-state index in [1.165, 1.54) is 19.3 Å². The lowest BCUT2D eigenvalue weighted by atomic mass is 9.94. The summed E-state index contributed by atoms with van der Waals surface area (Å²) in [5.74, 6) is -0.837. The second kappa shape index (κ2) is 8.53. The number of carboxylic acids is 1. The van der Waals surface area contributed by atoms with Crippen LogP contribution in [0.1, 0.15) is 52.4 Å². The van der Waals surface area contributed by atoms with Crippen LogP contribution in [0, 0.1) is 0 Å². The molecule has 96 valence electrons. The molecule has 0 fully saturated rings. The van der Waals surface area contributed by atoms with Gasteiger partial charge in [-0.05, 0) is 13.3 Å². The fourth-order valence-electron chi connectivity index (χ4n) is 1.68. The molecule has 0 aliphatic carbocycles. The fourth-order valence-corrected chi connectivity index (χ4v) is 1.68. The lowest BCUT2D eigenvalue weighted by molar-refractivity contribution is -0.144. The molecule has 0 heterocycles. The Morgan fingerprint density at radius 3 is 2.38 bits per heavy atom. The Balaban J connectivity index is 3.88. The van der Waals surface area contributed by atoms with E-state index in [0.717, 1.165) is 12.8 Å². The van der Waals surface area contributed by atoms with Gasteiger partial charge in [0, 0.05) is 6.54 Å². The first-order valence-electron chi connectivity index (χ1n) is 6.16. The van der Waals surface area contributed by atoms with Crippen LogP contribution in [0.5, 0.6) is 0 Å². The number of carboxylic acid groups (broad SMARTS) is 1. The minimum atomic E-state index is -0.894. The summed E-state index contributed by atoms with van der Waals surface area (Å²) in [5.41, 5.74) is -0.894. The number of hydrogen-bond donors (Lipinski definition) is 3. The van der Waals surface area contributed by atoms with E-state index in [-0.39, 0.29) is 6.61 Å². The van der Waals surface area contributed by atoms with Crippen LogP contribution in [0.4, 0.5) is 0 Å². The average Bonchev–Trinajstić information content (AvgIpc) is 2.26. The van der Waals surface area contributed by atoms with Crippen molar-refractivity contribution in [3.05, 3.63) is 0 Å². The number of nitrogens with one attached hydrogen (secondary N) is 1. The number of hydrogen-bond acceptors (Lipinski definition) is 3. The number of aliphatic carboxylic acids is 1. The van der Waals surface area contributed by atoms with E-state index in [1.54, 1.807) is 6.92 Å². The average molecular weight is 231 g/mol. The van der Waals surface area contributed by atoms with Gasteiger partial charge in [-0.15, -0.1) is 0 Å². The van der Waals surface area contributed by atoms with Crippen LogP contribution in [0.25, 0.3) is 0 Å². The SMILES string of the molecule is CCCCCCCC(C)(NCCO)C(=O)O. The Bertz CT molecular complexity index is 197. The molecule has 0 amide bonds. The van der Waals surface area contributed by atoms with Gasteiger partial charge in [0.15, 0.2) is 0 Å². The molecule has 0 aliphatic rings. The van der Waals surface area contributed by atoms with Gasteiger partial charge in [0.2, 0.25) is 0 Å². The van der Waals surface area contributed by atoms with Crippen molar-refractivity contribution in [3.8, 4) is 0 Å². The number of rotatable bonds is 10. The topological polar surface area (TPSA) is 69.6 Å². The van der Waals surface area contributed by atoms with Crippen molar-refractivity contribution in [1.29, 1.82) is 0 Å². The van der Waals surface area contributed by atoms with Crippen LogP contribution in [0.3, 0.4) is 0 Å². The van der Waals surface area contributed by atoms with Crippen LogP contribution in [-0.2, 0) is 4.79 Å². The molecule has 4 heteroatoms. The highest BCUT2D eigenvalue weighted by atomic mass is 16.4. The van der Waals surface area contributed by atoms with Gasteiger partial charge < -0.3 is 10.2 Å². The first-order chi connectivity index (χ1) is 7.56. The van der Waals surface area contributed by atoms with Crippen molar-refractivity contribution < 1.29 is 15.0 Å². The molecular weight excluding hydrogens is 206 g/mol. The summed E-state index contributed by atoms with van der Waals surface area (Å²) in [5, 5.41) is 20.7. The Kier molecular flexibility index (Phi) is 8.21. The summed E-state index contributed by atoms with van der Waals surface area (Å²) in [7, 11) is 0. The molecule has 1 atom stereocenters. The van der Waals surface area contributed by atoms with Gasteiger partial charge in [-0.3, -0.25) is 10.1 Å². The predicted molar refractivity (Wildman–Crippen MR) is 64.5 cm³/mol. The van der Waals surface area contributed by atoms with Crippen LogP contribution < -0.4 is 5.32 Å². The van der Waals surface area contributed by atoms with Gasteiger partial charge in [-0.1, -0.05) is 39.0 Å². The third kappa shape index (κ3) is 6.08. The van der Waals surface area contributed by atoms with Gasteiger partial charge in [-0.2, -0.15) is 0 Å². The quantitative estimate of drug-likeness (QED) is 0.501. The van der Waals surface area contributed by atoms with Crippen molar-refractivity contribution in [2.45, 2.75) is 57.9 Å². The predicted octanol–water partition coefficient (Wildman–Crippen LogP) is 1.77. The molecule has 0 radical (unpaired) electrons. The van der Waals surface area contributed by atoms with Gasteiger partial charge >= 0.3 is 5.97 Å². The summed E-state index contributed by atoms with van der Waals surface area (Å²) >= 11 is 0. The van der Waals surface area contributed by atoms with Gasteiger partial charge in [0.1, 0.15) is 5.54 Å². The van der Waals surface area contributed by atoms with Crippen LogP contribution in [0.15, 0.2) is 0 Å². The van der Waals surface area contributed by atoms with E-state index in [0.29, 0.717) is 13.0 Å². The highest BCUT2D eigenvalue weighted by molar-refractivity contribution is 5.78. The monoisotopic (exact) mass is 231 g/mol. The minimum absolute atomic E-state index is 0.0291. The van der Waals surface area contributed by atoms with E-state index in [4.69, 9.17) is 10.2 Å². The molecule has 3 N–H and O–H groups in total. The molecule has 0 aromatic carbocycles. The summed E-state index contributed by atoms with van der Waals surface area (Å²) in [6.07, 6.45) is 6.20. The standard InChI is InChI=1S/C12H25NO3/c1-3-4-5-6-7-8-12(2,11(15)16)13-9-10-14/h13-14H,3-10H2,1-2H3,(H,15,16). The zero-order chi connectivity index (χ0) is 12.4. The maximum Gasteiger partial charge on any atom is 0.323 e. The molecule has 0 aromatic rings. The lowest BCUT2D eigenvalue weighted by Gasteiger charge is -2.26. The molecule has 0 aliphatic heterocycles. The second-order valence-corrected chi connectivity index (χ2v) is 4.45. The van der Waals surface area contributed by atoms with E-state index >= 15 is 0 Å². The molecule has 0 rings (SSSR count). The van der Waals surface area contributed by atoms with Crippen LogP contribution in [0.2, 0.25) is 0 Å². The summed E-state index contributed by atoms with van der Waals surface area (Å²) in [6.45, 7) is 4.14. The normalized spacial score (nSPS) is 14.7. The molecule has 0 saturated heterocycles. The van der Waals surface area contributed by atoms with E-state index < -0.39 is 11.5 Å². The third-order valence-electron chi connectivity index (χ3n) is 2.88. The second-order valence-electron chi connectivity index (χ2n) is 4.45. The highest BCUT2D eigenvalue weighted by Crippen LogP contribution is 2.16. The first-order valence-corrected chi connectivity index (χ1v) is 6.16. The Labute approximate surface area is 98.1 Å². The molecule has 1 unspecified atom stereocenters. The number of unbranched alkanes of at least 4 members (excludes halogenated alkanes) is 4. The third-order valence-corrected chi connectivity index (χ3v) is 2.88. The lowest BCUT2D eigenvalue weighted by Crippen LogP contribution is -2.50. The molecule has 4 nitrogen and oxygen atoms in total. The van der Waals surface area contributed by atoms with Crippen molar-refractivity contribution in [3.63, 3.8) is 0 Å². The summed E-state index contributed by atoms with van der Waals surface area (Å²) in [4.78, 5) is 11.1.